The Morgan fingerprint density at radius 1 is 0.960 bits per heavy atom. The lowest BCUT2D eigenvalue weighted by molar-refractivity contribution is 0.711. The van der Waals surface area contributed by atoms with Crippen LogP contribution >= 0.6 is 0 Å². The molecule has 2 aromatic carbocycles. The van der Waals surface area contributed by atoms with Crippen molar-refractivity contribution >= 4 is 22.8 Å². The molecule has 1 aromatic heterocycles. The Kier molecular flexibility index (Phi) is 6.01. The minimum atomic E-state index is 0.0426. The number of anilines is 1. The fraction of sp³-hybridized carbons (Fsp3) is 0.190. The molecular weight excluding hydrogens is 310 g/mol. The number of hydrogen-bond acceptors (Lipinski definition) is 3. The maximum Gasteiger partial charge on any atom is 0.191 e. The Labute approximate surface area is 147 Å². The fourth-order valence-corrected chi connectivity index (χ4v) is 2.67. The normalized spacial score (nSPS) is 11.2. The lowest BCUT2D eigenvalue weighted by atomic mass is 10.2. The van der Waals surface area contributed by atoms with Crippen LogP contribution in [0.5, 0.6) is 0 Å². The largest absolute Gasteiger partial charge is 0.371 e. The Bertz CT molecular complexity index is 884. The molecule has 3 N–H and O–H groups in total. The van der Waals surface area contributed by atoms with Gasteiger partial charge in [-0.25, -0.2) is 0 Å². The van der Waals surface area contributed by atoms with Crippen LogP contribution in [0.1, 0.15) is 12.0 Å². The molecule has 0 unspecified atom stereocenters. The van der Waals surface area contributed by atoms with E-state index in [0.717, 1.165) is 42.8 Å². The van der Waals surface area contributed by atoms with Crippen LogP contribution in [0.3, 0.4) is 0 Å². The van der Waals surface area contributed by atoms with Crippen LogP contribution in [0.4, 0.5) is 5.82 Å². The first-order valence-electron chi connectivity index (χ1n) is 8.61. The summed E-state index contributed by atoms with van der Waals surface area (Å²) in [7, 11) is 0. The van der Waals surface area contributed by atoms with Gasteiger partial charge in [0.15, 0.2) is 5.43 Å². The minimum absolute atomic E-state index is 0.0426. The highest BCUT2D eigenvalue weighted by Gasteiger charge is 2.00. The molecule has 0 saturated heterocycles. The van der Waals surface area contributed by atoms with Crippen molar-refractivity contribution in [3.05, 3.63) is 82.5 Å². The van der Waals surface area contributed by atoms with Crippen molar-refractivity contribution in [3.8, 4) is 0 Å². The highest BCUT2D eigenvalue weighted by molar-refractivity contribution is 5.79. The minimum Gasteiger partial charge on any atom is -0.371 e. The maximum absolute atomic E-state index is 12.0. The summed E-state index contributed by atoms with van der Waals surface area (Å²) in [5.74, 6) is 0.771. The summed E-state index contributed by atoms with van der Waals surface area (Å²) < 4.78 is 0. The van der Waals surface area contributed by atoms with Crippen LogP contribution in [-0.4, -0.2) is 24.6 Å². The van der Waals surface area contributed by atoms with Crippen LogP contribution in [0, 0.1) is 0 Å². The van der Waals surface area contributed by atoms with Gasteiger partial charge in [-0.05, 0) is 30.7 Å². The molecule has 0 aliphatic heterocycles. The molecule has 0 saturated carbocycles. The Hall–Kier alpha value is -2.85. The molecule has 3 aromatic rings. The van der Waals surface area contributed by atoms with Gasteiger partial charge in [-0.1, -0.05) is 54.6 Å². The number of aromatic nitrogens is 1. The van der Waals surface area contributed by atoms with E-state index in [-0.39, 0.29) is 5.43 Å². The topological polar surface area (TPSA) is 56.9 Å². The highest BCUT2D eigenvalue weighted by atomic mass is 16.1. The number of pyridine rings is 1. The SMILES string of the molecule is O=c1cc(NCCCNCC=Cc2ccccc2)[nH]c2ccccc12. The predicted octanol–water partition coefficient (Wildman–Crippen LogP) is 3.63. The van der Waals surface area contributed by atoms with E-state index in [1.807, 2.05) is 42.5 Å². The summed E-state index contributed by atoms with van der Waals surface area (Å²) in [6, 6.07) is 19.5. The van der Waals surface area contributed by atoms with E-state index in [2.05, 4.69) is 39.9 Å². The van der Waals surface area contributed by atoms with Gasteiger partial charge in [0.1, 0.15) is 5.82 Å². The van der Waals surface area contributed by atoms with Gasteiger partial charge in [-0.3, -0.25) is 4.79 Å². The number of rotatable bonds is 8. The first-order valence-corrected chi connectivity index (χ1v) is 8.61. The maximum atomic E-state index is 12.0. The molecule has 0 fully saturated rings. The van der Waals surface area contributed by atoms with E-state index in [9.17, 15) is 4.79 Å². The monoisotopic (exact) mass is 333 g/mol. The van der Waals surface area contributed by atoms with Crippen LogP contribution in [0.25, 0.3) is 17.0 Å². The van der Waals surface area contributed by atoms with E-state index in [0.29, 0.717) is 0 Å². The number of nitrogens with one attached hydrogen (secondary N) is 3. The lowest BCUT2D eigenvalue weighted by Crippen LogP contribution is -2.18. The number of fused-ring (bicyclic) bond motifs is 1. The van der Waals surface area contributed by atoms with Gasteiger partial charge in [0.25, 0.3) is 0 Å². The molecule has 4 nitrogen and oxygen atoms in total. The van der Waals surface area contributed by atoms with Crippen LogP contribution in [0.2, 0.25) is 0 Å². The quantitative estimate of drug-likeness (QED) is 0.552. The Morgan fingerprint density at radius 2 is 1.76 bits per heavy atom. The molecule has 128 valence electrons. The van der Waals surface area contributed by atoms with Gasteiger partial charge in [0.05, 0.1) is 5.52 Å². The number of aromatic amines is 1. The summed E-state index contributed by atoms with van der Waals surface area (Å²) >= 11 is 0. The molecular formula is C21H23N3O. The first-order chi connectivity index (χ1) is 12.3. The summed E-state index contributed by atoms with van der Waals surface area (Å²) in [6.45, 7) is 2.58. The van der Waals surface area contributed by atoms with Crippen molar-refractivity contribution in [2.24, 2.45) is 0 Å². The number of H-pyrrole nitrogens is 1. The van der Waals surface area contributed by atoms with Gasteiger partial charge in [0.2, 0.25) is 0 Å². The second kappa shape index (κ2) is 8.85. The predicted molar refractivity (Wildman–Crippen MR) is 106 cm³/mol. The third kappa shape index (κ3) is 5.06. The molecule has 1 heterocycles. The molecule has 4 heteroatoms. The second-order valence-corrected chi connectivity index (χ2v) is 5.89. The molecule has 0 amide bonds. The van der Waals surface area contributed by atoms with Crippen molar-refractivity contribution < 1.29 is 0 Å². The standard InChI is InChI=1S/C21H23N3O/c25-20-16-21(24-19-12-5-4-11-18(19)20)23-15-7-14-22-13-6-10-17-8-2-1-3-9-17/h1-6,8-12,16,22H,7,13-15H2,(H2,23,24,25). The Morgan fingerprint density at radius 3 is 2.64 bits per heavy atom. The molecule has 0 spiro atoms. The van der Waals surface area contributed by atoms with E-state index >= 15 is 0 Å². The highest BCUT2D eigenvalue weighted by Crippen LogP contribution is 2.09. The first kappa shape index (κ1) is 17.0. The van der Waals surface area contributed by atoms with E-state index in [4.69, 9.17) is 0 Å². The summed E-state index contributed by atoms with van der Waals surface area (Å²) in [4.78, 5) is 15.3. The van der Waals surface area contributed by atoms with E-state index in [1.165, 1.54) is 5.56 Å². The van der Waals surface area contributed by atoms with Gasteiger partial charge in [0, 0.05) is 24.5 Å². The van der Waals surface area contributed by atoms with Crippen molar-refractivity contribution in [1.29, 1.82) is 0 Å². The summed E-state index contributed by atoms with van der Waals surface area (Å²) in [6.07, 6.45) is 5.22. The van der Waals surface area contributed by atoms with Crippen LogP contribution in [0.15, 0.2) is 71.5 Å². The van der Waals surface area contributed by atoms with E-state index < -0.39 is 0 Å². The molecule has 0 radical (unpaired) electrons. The zero-order chi connectivity index (χ0) is 17.3. The molecule has 0 atom stereocenters. The molecule has 3 rings (SSSR count). The summed E-state index contributed by atoms with van der Waals surface area (Å²) in [5.41, 5.74) is 2.12. The molecule has 25 heavy (non-hydrogen) atoms. The van der Waals surface area contributed by atoms with Crippen molar-refractivity contribution in [1.82, 2.24) is 10.3 Å². The molecule has 0 aliphatic carbocycles. The molecule has 0 bridgehead atoms. The van der Waals surface area contributed by atoms with Gasteiger partial charge in [-0.2, -0.15) is 0 Å². The third-order valence-electron chi connectivity index (χ3n) is 3.96. The van der Waals surface area contributed by atoms with Gasteiger partial charge in [-0.15, -0.1) is 0 Å². The van der Waals surface area contributed by atoms with Gasteiger partial charge >= 0.3 is 0 Å². The zero-order valence-corrected chi connectivity index (χ0v) is 14.2. The molecule has 0 aliphatic rings. The number of benzene rings is 2. The number of hydrogen-bond donors (Lipinski definition) is 3. The number of para-hydroxylation sites is 1. The summed E-state index contributed by atoms with van der Waals surface area (Å²) in [5, 5.41) is 7.39. The van der Waals surface area contributed by atoms with Gasteiger partial charge < -0.3 is 15.6 Å². The van der Waals surface area contributed by atoms with Crippen molar-refractivity contribution in [2.45, 2.75) is 6.42 Å². The Balaban J connectivity index is 1.37. The van der Waals surface area contributed by atoms with E-state index in [1.54, 1.807) is 6.07 Å². The zero-order valence-electron chi connectivity index (χ0n) is 14.2. The third-order valence-corrected chi connectivity index (χ3v) is 3.96. The average Bonchev–Trinajstić information content (AvgIpc) is 2.65. The van der Waals surface area contributed by atoms with Crippen molar-refractivity contribution in [2.75, 3.05) is 25.0 Å². The van der Waals surface area contributed by atoms with Crippen molar-refractivity contribution in [3.63, 3.8) is 0 Å². The van der Waals surface area contributed by atoms with Crippen LogP contribution < -0.4 is 16.1 Å². The second-order valence-electron chi connectivity index (χ2n) is 5.89. The fourth-order valence-electron chi connectivity index (χ4n) is 2.67. The lowest BCUT2D eigenvalue weighted by Gasteiger charge is -2.08. The smallest absolute Gasteiger partial charge is 0.191 e. The average molecular weight is 333 g/mol. The van der Waals surface area contributed by atoms with Crippen LogP contribution in [-0.2, 0) is 0 Å².